The van der Waals surface area contributed by atoms with Gasteiger partial charge in [0.1, 0.15) is 6.10 Å². The minimum atomic E-state index is -1.02. The summed E-state index contributed by atoms with van der Waals surface area (Å²) in [5, 5.41) is -0.0349. The smallest absolute Gasteiger partial charge is 0.311 e. The van der Waals surface area contributed by atoms with Crippen molar-refractivity contribution in [2.24, 2.45) is 0 Å². The fourth-order valence-corrected chi connectivity index (χ4v) is 6.37. The van der Waals surface area contributed by atoms with Gasteiger partial charge in [0.25, 0.3) is 0 Å². The lowest BCUT2D eigenvalue weighted by Crippen LogP contribution is -3.12. The molecule has 1 aliphatic carbocycles. The number of carbonyl (C=O) groups is 1. The molecule has 0 amide bonds. The minimum Gasteiger partial charge on any atom is -0.461 e. The van der Waals surface area contributed by atoms with Crippen molar-refractivity contribution in [3.63, 3.8) is 0 Å². The zero-order chi connectivity index (χ0) is 21.6. The molecule has 0 spiro atoms. The average Bonchev–Trinajstić information content (AvgIpc) is 2.73. The highest BCUT2D eigenvalue weighted by atomic mass is 32.2. The summed E-state index contributed by atoms with van der Waals surface area (Å²) in [5.74, 6) is 0.442. The van der Waals surface area contributed by atoms with Gasteiger partial charge < -0.3 is 9.64 Å². The normalized spacial score (nSPS) is 24.4. The van der Waals surface area contributed by atoms with Gasteiger partial charge in [0.15, 0.2) is 0 Å². The second-order valence-corrected chi connectivity index (χ2v) is 11.8. The number of likely N-dealkylation sites (tertiary alicyclic amines) is 1. The average molecular weight is 435 g/mol. The Morgan fingerprint density at radius 3 is 2.37 bits per heavy atom. The lowest BCUT2D eigenvalue weighted by molar-refractivity contribution is -0.904. The van der Waals surface area contributed by atoms with Gasteiger partial charge in [0.2, 0.25) is 0 Å². The Balaban J connectivity index is 1.52. The van der Waals surface area contributed by atoms with Gasteiger partial charge in [-0.3, -0.25) is 9.00 Å². The largest absolute Gasteiger partial charge is 0.461 e. The number of ether oxygens (including phenoxy) is 1. The van der Waals surface area contributed by atoms with Crippen molar-refractivity contribution >= 4 is 16.8 Å². The highest BCUT2D eigenvalue weighted by Crippen LogP contribution is 2.28. The molecule has 2 aliphatic rings. The summed E-state index contributed by atoms with van der Waals surface area (Å²) in [4.78, 5) is 14.0. The number of esters is 1. The van der Waals surface area contributed by atoms with Crippen LogP contribution < -0.4 is 4.90 Å². The van der Waals surface area contributed by atoms with Gasteiger partial charge in [-0.2, -0.15) is 0 Å². The van der Waals surface area contributed by atoms with Crippen LogP contribution in [0.25, 0.3) is 0 Å². The van der Waals surface area contributed by atoms with Crippen molar-refractivity contribution in [2.75, 3.05) is 19.6 Å². The van der Waals surface area contributed by atoms with Crippen molar-refractivity contribution in [3.8, 4) is 0 Å². The summed E-state index contributed by atoms with van der Waals surface area (Å²) >= 11 is 0. The van der Waals surface area contributed by atoms with Crippen LogP contribution in [-0.2, 0) is 31.5 Å². The summed E-state index contributed by atoms with van der Waals surface area (Å²) in [6, 6.07) is 8.50. The van der Waals surface area contributed by atoms with Gasteiger partial charge in [-0.15, -0.1) is 0 Å². The first kappa shape index (κ1) is 23.5. The summed E-state index contributed by atoms with van der Waals surface area (Å²) < 4.78 is 19.0. The van der Waals surface area contributed by atoms with E-state index in [4.69, 9.17) is 4.74 Å². The SMILES string of the molecule is CC(C)(C)c1ccc(C[S@@](=O)[C@@H]2CCCC[C@@H]2OC(=O)CC[NH+]2CCCCC2)cc1. The Hall–Kier alpha value is -1.20. The summed E-state index contributed by atoms with van der Waals surface area (Å²) in [5.41, 5.74) is 2.51. The molecule has 3 atom stereocenters. The highest BCUT2D eigenvalue weighted by Gasteiger charge is 2.33. The standard InChI is InChI=1S/C25H39NO3S/c1-25(2,3)21-13-11-20(12-14-21)19-30(28)23-10-6-5-9-22(23)29-24(27)15-18-26-16-7-4-8-17-26/h11-14,22-23H,4-10,15-19H2,1-3H3/p+1/t22-,23+,30+/m0/s1. The van der Waals surface area contributed by atoms with Crippen LogP contribution in [0.1, 0.15) is 83.3 Å². The van der Waals surface area contributed by atoms with Crippen LogP contribution in [0.5, 0.6) is 0 Å². The topological polar surface area (TPSA) is 47.8 Å². The third-order valence-electron chi connectivity index (χ3n) is 6.63. The van der Waals surface area contributed by atoms with Gasteiger partial charge in [0, 0.05) is 16.6 Å². The maximum Gasteiger partial charge on any atom is 0.311 e. The molecule has 0 aromatic heterocycles. The summed E-state index contributed by atoms with van der Waals surface area (Å²) in [7, 11) is -1.02. The molecule has 1 aromatic carbocycles. The minimum absolute atomic E-state index is 0.0349. The van der Waals surface area contributed by atoms with Crippen molar-refractivity contribution in [2.45, 2.75) is 94.7 Å². The first-order valence-corrected chi connectivity index (χ1v) is 13.2. The Morgan fingerprint density at radius 2 is 1.70 bits per heavy atom. The number of piperidine rings is 1. The first-order chi connectivity index (χ1) is 14.3. The van der Waals surface area contributed by atoms with E-state index in [0.717, 1.165) is 37.8 Å². The van der Waals surface area contributed by atoms with Crippen LogP contribution in [0.4, 0.5) is 0 Å². The Bertz CT molecular complexity index is 704. The lowest BCUT2D eigenvalue weighted by Gasteiger charge is -2.31. The number of carbonyl (C=O) groups excluding carboxylic acids is 1. The molecule has 1 aliphatic heterocycles. The second kappa shape index (κ2) is 10.9. The van der Waals surface area contributed by atoms with Gasteiger partial charge in [-0.25, -0.2) is 0 Å². The molecular formula is C25H40NO3S+. The lowest BCUT2D eigenvalue weighted by atomic mass is 9.87. The Morgan fingerprint density at radius 1 is 1.03 bits per heavy atom. The molecule has 3 rings (SSSR count). The fraction of sp³-hybridized carbons (Fsp3) is 0.720. The molecule has 168 valence electrons. The second-order valence-electron chi connectivity index (χ2n) is 10.1. The van der Waals surface area contributed by atoms with E-state index in [2.05, 4.69) is 45.0 Å². The van der Waals surface area contributed by atoms with E-state index in [0.29, 0.717) is 12.2 Å². The van der Waals surface area contributed by atoms with Crippen molar-refractivity contribution in [1.82, 2.24) is 0 Å². The van der Waals surface area contributed by atoms with Crippen LogP contribution in [-0.4, -0.2) is 41.2 Å². The van der Waals surface area contributed by atoms with Gasteiger partial charge in [-0.1, -0.05) is 51.5 Å². The van der Waals surface area contributed by atoms with E-state index in [9.17, 15) is 9.00 Å². The zero-order valence-electron chi connectivity index (χ0n) is 19.1. The molecule has 4 nitrogen and oxygen atoms in total. The molecule has 1 heterocycles. The van der Waals surface area contributed by atoms with Crippen LogP contribution in [0.3, 0.4) is 0 Å². The Labute approximate surface area is 185 Å². The van der Waals surface area contributed by atoms with Crippen molar-refractivity contribution < 1.29 is 18.6 Å². The van der Waals surface area contributed by atoms with E-state index < -0.39 is 10.8 Å². The van der Waals surface area contributed by atoms with Crippen LogP contribution in [0.2, 0.25) is 0 Å². The molecule has 0 bridgehead atoms. The monoisotopic (exact) mass is 434 g/mol. The van der Waals surface area contributed by atoms with Crippen molar-refractivity contribution in [3.05, 3.63) is 35.4 Å². The molecule has 1 aromatic rings. The zero-order valence-corrected chi connectivity index (χ0v) is 19.9. The van der Waals surface area contributed by atoms with Crippen LogP contribution >= 0.6 is 0 Å². The van der Waals surface area contributed by atoms with E-state index in [1.165, 1.54) is 42.8 Å². The highest BCUT2D eigenvalue weighted by molar-refractivity contribution is 7.84. The number of benzene rings is 1. The quantitative estimate of drug-likeness (QED) is 0.668. The predicted molar refractivity (Wildman–Crippen MR) is 123 cm³/mol. The number of hydrogen-bond donors (Lipinski definition) is 1. The van der Waals surface area contributed by atoms with Gasteiger partial charge >= 0.3 is 5.97 Å². The summed E-state index contributed by atoms with van der Waals surface area (Å²) in [6.45, 7) is 9.84. The fourth-order valence-electron chi connectivity index (χ4n) is 4.68. The maximum atomic E-state index is 13.2. The number of hydrogen-bond acceptors (Lipinski definition) is 3. The van der Waals surface area contributed by atoms with E-state index in [1.807, 2.05) is 0 Å². The molecule has 0 unspecified atom stereocenters. The number of nitrogens with one attached hydrogen (secondary N) is 1. The van der Waals surface area contributed by atoms with E-state index >= 15 is 0 Å². The van der Waals surface area contributed by atoms with Crippen molar-refractivity contribution in [1.29, 1.82) is 0 Å². The van der Waals surface area contributed by atoms with Crippen LogP contribution in [0.15, 0.2) is 24.3 Å². The molecule has 2 fully saturated rings. The molecule has 1 saturated heterocycles. The van der Waals surface area contributed by atoms with Gasteiger partial charge in [0.05, 0.1) is 31.3 Å². The first-order valence-electron chi connectivity index (χ1n) is 11.8. The van der Waals surface area contributed by atoms with E-state index in [1.54, 1.807) is 0 Å². The number of rotatable bonds is 7. The molecule has 30 heavy (non-hydrogen) atoms. The molecule has 1 saturated carbocycles. The molecule has 0 radical (unpaired) electrons. The van der Waals surface area contributed by atoms with E-state index in [-0.39, 0.29) is 22.7 Å². The molecule has 5 heteroatoms. The summed E-state index contributed by atoms with van der Waals surface area (Å²) in [6.07, 6.45) is 8.04. The van der Waals surface area contributed by atoms with Gasteiger partial charge in [-0.05, 0) is 55.1 Å². The Kier molecular flexibility index (Phi) is 8.52. The maximum absolute atomic E-state index is 13.2. The van der Waals surface area contributed by atoms with Crippen LogP contribution in [0, 0.1) is 0 Å². The molecular weight excluding hydrogens is 394 g/mol. The predicted octanol–water partition coefficient (Wildman–Crippen LogP) is 3.55. The third-order valence-corrected chi connectivity index (χ3v) is 8.47. The molecule has 1 N–H and O–H groups in total. The number of quaternary nitrogens is 1. The third kappa shape index (κ3) is 6.91.